The second kappa shape index (κ2) is 7.00. The zero-order valence-corrected chi connectivity index (χ0v) is 12.4. The molecular weight excluding hydrogens is 272 g/mol. The smallest absolute Gasteiger partial charge is 0.315 e. The lowest BCUT2D eigenvalue weighted by Gasteiger charge is -2.17. The number of carbonyl (C=O) groups is 1. The Morgan fingerprint density at radius 2 is 2.15 bits per heavy atom. The molecule has 5 nitrogen and oxygen atoms in total. The van der Waals surface area contributed by atoms with Crippen molar-refractivity contribution < 1.29 is 4.79 Å². The second-order valence-electron chi connectivity index (χ2n) is 4.43. The number of aromatic nitrogens is 2. The van der Waals surface area contributed by atoms with E-state index in [-0.39, 0.29) is 12.1 Å². The Labute approximate surface area is 122 Å². The molecule has 2 N–H and O–H groups in total. The van der Waals surface area contributed by atoms with Crippen LogP contribution in [0.25, 0.3) is 0 Å². The van der Waals surface area contributed by atoms with Crippen molar-refractivity contribution in [1.82, 2.24) is 20.6 Å². The SMILES string of the molecule is CC[C@H](NC(=O)NCc1scnc1C)c1ccncc1. The predicted molar refractivity (Wildman–Crippen MR) is 79.5 cm³/mol. The topological polar surface area (TPSA) is 66.9 Å². The molecule has 0 unspecified atom stereocenters. The van der Waals surface area contributed by atoms with E-state index in [2.05, 4.69) is 20.6 Å². The molecule has 0 saturated carbocycles. The molecule has 0 saturated heterocycles. The van der Waals surface area contributed by atoms with Gasteiger partial charge in [0.2, 0.25) is 0 Å². The van der Waals surface area contributed by atoms with E-state index in [4.69, 9.17) is 0 Å². The van der Waals surface area contributed by atoms with Gasteiger partial charge in [-0.05, 0) is 31.0 Å². The van der Waals surface area contributed by atoms with Crippen LogP contribution in [-0.2, 0) is 6.54 Å². The molecule has 1 atom stereocenters. The maximum absolute atomic E-state index is 11.9. The Balaban J connectivity index is 1.88. The van der Waals surface area contributed by atoms with E-state index >= 15 is 0 Å². The Kier molecular flexibility index (Phi) is 5.06. The van der Waals surface area contributed by atoms with E-state index in [1.807, 2.05) is 26.0 Å². The molecular formula is C14H18N4OS. The van der Waals surface area contributed by atoms with Gasteiger partial charge in [0.05, 0.1) is 23.8 Å². The van der Waals surface area contributed by atoms with Crippen molar-refractivity contribution in [3.63, 3.8) is 0 Å². The number of aryl methyl sites for hydroxylation is 1. The van der Waals surface area contributed by atoms with Crippen LogP contribution in [0.3, 0.4) is 0 Å². The van der Waals surface area contributed by atoms with Crippen LogP contribution in [0.2, 0.25) is 0 Å². The van der Waals surface area contributed by atoms with Crippen molar-refractivity contribution in [2.45, 2.75) is 32.9 Å². The normalized spacial score (nSPS) is 11.9. The van der Waals surface area contributed by atoms with Crippen LogP contribution >= 0.6 is 11.3 Å². The van der Waals surface area contributed by atoms with Crippen LogP contribution in [-0.4, -0.2) is 16.0 Å². The van der Waals surface area contributed by atoms with Crippen molar-refractivity contribution >= 4 is 17.4 Å². The molecule has 0 fully saturated rings. The average Bonchev–Trinajstić information content (AvgIpc) is 2.89. The van der Waals surface area contributed by atoms with Crippen molar-refractivity contribution in [3.8, 4) is 0 Å². The minimum absolute atomic E-state index is 0.000516. The van der Waals surface area contributed by atoms with Gasteiger partial charge in [-0.3, -0.25) is 4.98 Å². The van der Waals surface area contributed by atoms with E-state index < -0.39 is 0 Å². The predicted octanol–water partition coefficient (Wildman–Crippen LogP) is 2.80. The van der Waals surface area contributed by atoms with Gasteiger partial charge in [-0.15, -0.1) is 11.3 Å². The van der Waals surface area contributed by atoms with Gasteiger partial charge in [0.1, 0.15) is 0 Å². The molecule has 0 aliphatic heterocycles. The van der Waals surface area contributed by atoms with Gasteiger partial charge in [-0.1, -0.05) is 6.92 Å². The van der Waals surface area contributed by atoms with Crippen molar-refractivity contribution in [3.05, 3.63) is 46.2 Å². The molecule has 0 aliphatic carbocycles. The fraction of sp³-hybridized carbons (Fsp3) is 0.357. The van der Waals surface area contributed by atoms with Crippen LogP contribution in [0.4, 0.5) is 4.79 Å². The summed E-state index contributed by atoms with van der Waals surface area (Å²) >= 11 is 1.55. The third-order valence-corrected chi connectivity index (χ3v) is 4.01. The number of rotatable bonds is 5. The summed E-state index contributed by atoms with van der Waals surface area (Å²) in [5, 5.41) is 5.84. The summed E-state index contributed by atoms with van der Waals surface area (Å²) in [5.74, 6) is 0. The maximum atomic E-state index is 11.9. The van der Waals surface area contributed by atoms with E-state index in [1.165, 1.54) is 0 Å². The second-order valence-corrected chi connectivity index (χ2v) is 5.37. The van der Waals surface area contributed by atoms with Gasteiger partial charge < -0.3 is 10.6 Å². The third kappa shape index (κ3) is 3.77. The molecule has 0 bridgehead atoms. The summed E-state index contributed by atoms with van der Waals surface area (Å²) in [4.78, 5) is 21.2. The molecule has 0 aliphatic rings. The Morgan fingerprint density at radius 3 is 2.75 bits per heavy atom. The number of hydrogen-bond acceptors (Lipinski definition) is 4. The number of hydrogen-bond donors (Lipinski definition) is 2. The molecule has 2 amide bonds. The molecule has 106 valence electrons. The molecule has 0 aromatic carbocycles. The highest BCUT2D eigenvalue weighted by molar-refractivity contribution is 7.09. The Morgan fingerprint density at radius 1 is 1.40 bits per heavy atom. The Bertz CT molecular complexity index is 555. The highest BCUT2D eigenvalue weighted by Gasteiger charge is 2.12. The van der Waals surface area contributed by atoms with Gasteiger partial charge in [0, 0.05) is 17.3 Å². The monoisotopic (exact) mass is 290 g/mol. The van der Waals surface area contributed by atoms with Gasteiger partial charge >= 0.3 is 6.03 Å². The fourth-order valence-electron chi connectivity index (χ4n) is 1.88. The lowest BCUT2D eigenvalue weighted by Crippen LogP contribution is -2.37. The lowest BCUT2D eigenvalue weighted by atomic mass is 10.1. The number of carbonyl (C=O) groups excluding carboxylic acids is 1. The van der Waals surface area contributed by atoms with Crippen LogP contribution in [0.1, 0.15) is 35.5 Å². The van der Waals surface area contributed by atoms with Crippen molar-refractivity contribution in [1.29, 1.82) is 0 Å². The number of urea groups is 1. The molecule has 6 heteroatoms. The van der Waals surface area contributed by atoms with Gasteiger partial charge in [-0.25, -0.2) is 9.78 Å². The minimum atomic E-state index is -0.165. The van der Waals surface area contributed by atoms with Gasteiger partial charge in [0.25, 0.3) is 0 Å². The van der Waals surface area contributed by atoms with E-state index in [0.717, 1.165) is 22.6 Å². The van der Waals surface area contributed by atoms with E-state index in [9.17, 15) is 4.79 Å². The summed E-state index contributed by atoms with van der Waals surface area (Å²) in [5.41, 5.74) is 3.82. The number of nitrogens with one attached hydrogen (secondary N) is 2. The van der Waals surface area contributed by atoms with Crippen molar-refractivity contribution in [2.24, 2.45) is 0 Å². The molecule has 2 aromatic heterocycles. The number of nitrogens with zero attached hydrogens (tertiary/aromatic N) is 2. The first-order valence-corrected chi connectivity index (χ1v) is 7.42. The summed E-state index contributed by atoms with van der Waals surface area (Å²) in [6.07, 6.45) is 4.30. The first-order valence-electron chi connectivity index (χ1n) is 6.54. The van der Waals surface area contributed by atoms with Crippen LogP contribution < -0.4 is 10.6 Å². The summed E-state index contributed by atoms with van der Waals surface area (Å²) < 4.78 is 0. The minimum Gasteiger partial charge on any atom is -0.333 e. The molecule has 0 spiro atoms. The maximum Gasteiger partial charge on any atom is 0.315 e. The fourth-order valence-corrected chi connectivity index (χ4v) is 2.60. The Hall–Kier alpha value is -1.95. The summed E-state index contributed by atoms with van der Waals surface area (Å²) in [6, 6.07) is 3.67. The van der Waals surface area contributed by atoms with E-state index in [1.54, 1.807) is 29.2 Å². The number of pyridine rings is 1. The number of thiazole rings is 1. The molecule has 2 aromatic rings. The van der Waals surface area contributed by atoms with Gasteiger partial charge in [-0.2, -0.15) is 0 Å². The molecule has 0 radical (unpaired) electrons. The largest absolute Gasteiger partial charge is 0.333 e. The summed E-state index contributed by atoms with van der Waals surface area (Å²) in [6.45, 7) is 4.49. The van der Waals surface area contributed by atoms with E-state index in [0.29, 0.717) is 6.54 Å². The van der Waals surface area contributed by atoms with Gasteiger partial charge in [0.15, 0.2) is 0 Å². The standard InChI is InChI=1S/C14H18N4OS/c1-3-12(11-4-6-15-7-5-11)18-14(19)16-8-13-10(2)17-9-20-13/h4-7,9,12H,3,8H2,1-2H3,(H2,16,18,19)/t12-/m0/s1. The molecule has 2 heterocycles. The first kappa shape index (κ1) is 14.5. The highest BCUT2D eigenvalue weighted by atomic mass is 32.1. The highest BCUT2D eigenvalue weighted by Crippen LogP contribution is 2.15. The van der Waals surface area contributed by atoms with Crippen molar-refractivity contribution in [2.75, 3.05) is 0 Å². The summed E-state index contributed by atoms with van der Waals surface area (Å²) in [7, 11) is 0. The molecule has 20 heavy (non-hydrogen) atoms. The average molecular weight is 290 g/mol. The van der Waals surface area contributed by atoms with Crippen LogP contribution in [0.5, 0.6) is 0 Å². The van der Waals surface area contributed by atoms with Crippen LogP contribution in [0.15, 0.2) is 30.0 Å². The number of amides is 2. The zero-order valence-electron chi connectivity index (χ0n) is 11.6. The van der Waals surface area contributed by atoms with Crippen LogP contribution in [0, 0.1) is 6.92 Å². The third-order valence-electron chi connectivity index (χ3n) is 3.08. The molecule has 2 rings (SSSR count). The first-order chi connectivity index (χ1) is 9.70. The quantitative estimate of drug-likeness (QED) is 0.889. The lowest BCUT2D eigenvalue weighted by molar-refractivity contribution is 0.236. The zero-order chi connectivity index (χ0) is 14.4.